The van der Waals surface area contributed by atoms with Crippen molar-refractivity contribution in [1.82, 2.24) is 0 Å². The molecule has 0 aromatic heterocycles. The molecule has 0 amide bonds. The summed E-state index contributed by atoms with van der Waals surface area (Å²) in [5.41, 5.74) is 0.143. The quantitative estimate of drug-likeness (QED) is 0.632. The molecule has 0 aliphatic heterocycles. The number of halogens is 1. The van der Waals surface area contributed by atoms with Crippen LogP contribution in [0.3, 0.4) is 0 Å². The van der Waals surface area contributed by atoms with Crippen molar-refractivity contribution in [3.63, 3.8) is 0 Å². The number of rotatable bonds is 5. The molecule has 0 saturated carbocycles. The van der Waals surface area contributed by atoms with Gasteiger partial charge in [0.25, 0.3) is 5.69 Å². The van der Waals surface area contributed by atoms with E-state index in [1.165, 1.54) is 12.1 Å². The lowest BCUT2D eigenvalue weighted by Crippen LogP contribution is -2.23. The third kappa shape index (κ3) is 3.41. The summed E-state index contributed by atoms with van der Waals surface area (Å²) in [6, 6.07) is 3.67. The fourth-order valence-corrected chi connectivity index (χ4v) is 1.52. The van der Waals surface area contributed by atoms with Crippen molar-refractivity contribution in [3.05, 3.63) is 34.1 Å². The number of nitrogens with one attached hydrogen (secondary N) is 1. The van der Waals surface area contributed by atoms with Crippen LogP contribution in [-0.4, -0.2) is 11.0 Å². The maximum absolute atomic E-state index is 12.9. The van der Waals surface area contributed by atoms with Crippen molar-refractivity contribution in [2.75, 3.05) is 5.32 Å². The Labute approximate surface area is 100.0 Å². The Hall–Kier alpha value is -1.65. The van der Waals surface area contributed by atoms with E-state index in [1.54, 1.807) is 0 Å². The third-order valence-electron chi connectivity index (χ3n) is 3.04. The highest BCUT2D eigenvalue weighted by Crippen LogP contribution is 2.26. The molecule has 1 aromatic carbocycles. The number of nitro groups is 1. The van der Waals surface area contributed by atoms with E-state index in [1.807, 2.05) is 6.92 Å². The van der Waals surface area contributed by atoms with E-state index < -0.39 is 10.7 Å². The molecule has 0 heterocycles. The highest BCUT2D eigenvalue weighted by Gasteiger charge is 2.18. The molecule has 2 unspecified atom stereocenters. The fraction of sp³-hybridized carbons (Fsp3) is 0.500. The van der Waals surface area contributed by atoms with E-state index in [0.29, 0.717) is 11.6 Å². The second kappa shape index (κ2) is 5.61. The van der Waals surface area contributed by atoms with Crippen LogP contribution in [0, 0.1) is 21.8 Å². The summed E-state index contributed by atoms with van der Waals surface area (Å²) in [5.74, 6) is -0.210. The highest BCUT2D eigenvalue weighted by atomic mass is 19.1. The molecule has 1 N–H and O–H groups in total. The first-order chi connectivity index (χ1) is 7.95. The highest BCUT2D eigenvalue weighted by molar-refractivity contribution is 5.61. The SMILES string of the molecule is CCC(C)C(C)Nc1ccc(F)cc1[N+](=O)[O-]. The van der Waals surface area contributed by atoms with Crippen LogP contribution in [0.4, 0.5) is 15.8 Å². The van der Waals surface area contributed by atoms with Gasteiger partial charge >= 0.3 is 0 Å². The van der Waals surface area contributed by atoms with Gasteiger partial charge in [0.1, 0.15) is 11.5 Å². The summed E-state index contributed by atoms with van der Waals surface area (Å²) in [4.78, 5) is 10.2. The minimum Gasteiger partial charge on any atom is -0.377 e. The van der Waals surface area contributed by atoms with Gasteiger partial charge in [0.2, 0.25) is 0 Å². The number of nitro benzene ring substituents is 1. The predicted octanol–water partition coefficient (Wildman–Crippen LogP) is 3.58. The van der Waals surface area contributed by atoms with Crippen LogP contribution in [0.25, 0.3) is 0 Å². The summed E-state index contributed by atoms with van der Waals surface area (Å²) in [5, 5.41) is 13.9. The van der Waals surface area contributed by atoms with E-state index >= 15 is 0 Å². The van der Waals surface area contributed by atoms with Crippen LogP contribution in [0.5, 0.6) is 0 Å². The number of hydrogen-bond acceptors (Lipinski definition) is 3. The van der Waals surface area contributed by atoms with Crippen molar-refractivity contribution in [2.45, 2.75) is 33.2 Å². The molecule has 0 spiro atoms. The maximum Gasteiger partial charge on any atom is 0.295 e. The summed E-state index contributed by atoms with van der Waals surface area (Å²) < 4.78 is 12.9. The largest absolute Gasteiger partial charge is 0.377 e. The van der Waals surface area contributed by atoms with E-state index in [9.17, 15) is 14.5 Å². The van der Waals surface area contributed by atoms with Crippen LogP contribution >= 0.6 is 0 Å². The van der Waals surface area contributed by atoms with Gasteiger partial charge in [0, 0.05) is 6.04 Å². The number of benzene rings is 1. The summed E-state index contributed by atoms with van der Waals surface area (Å²) in [6.45, 7) is 6.08. The van der Waals surface area contributed by atoms with Crippen LogP contribution in [0.15, 0.2) is 18.2 Å². The Morgan fingerprint density at radius 1 is 1.47 bits per heavy atom. The zero-order valence-electron chi connectivity index (χ0n) is 10.2. The Morgan fingerprint density at radius 3 is 2.65 bits per heavy atom. The Balaban J connectivity index is 2.94. The van der Waals surface area contributed by atoms with Gasteiger partial charge in [-0.25, -0.2) is 4.39 Å². The smallest absolute Gasteiger partial charge is 0.295 e. The molecular weight excluding hydrogens is 223 g/mol. The van der Waals surface area contributed by atoms with Crippen molar-refractivity contribution < 1.29 is 9.31 Å². The number of anilines is 1. The standard InChI is InChI=1S/C12H17FN2O2/c1-4-8(2)9(3)14-11-6-5-10(13)7-12(11)15(16)17/h5-9,14H,4H2,1-3H3. The zero-order valence-corrected chi connectivity index (χ0v) is 10.2. The average Bonchev–Trinajstić information content (AvgIpc) is 2.29. The molecule has 17 heavy (non-hydrogen) atoms. The molecule has 0 bridgehead atoms. The molecule has 2 atom stereocenters. The molecule has 0 aliphatic carbocycles. The zero-order chi connectivity index (χ0) is 13.0. The Bertz CT molecular complexity index is 409. The van der Waals surface area contributed by atoms with Gasteiger partial charge in [-0.15, -0.1) is 0 Å². The molecule has 1 aromatic rings. The minimum atomic E-state index is -0.599. The van der Waals surface area contributed by atoms with Crippen molar-refractivity contribution in [3.8, 4) is 0 Å². The van der Waals surface area contributed by atoms with Crippen LogP contribution in [0.1, 0.15) is 27.2 Å². The molecule has 94 valence electrons. The summed E-state index contributed by atoms with van der Waals surface area (Å²) in [6.07, 6.45) is 0.975. The van der Waals surface area contributed by atoms with Crippen LogP contribution in [0.2, 0.25) is 0 Å². The van der Waals surface area contributed by atoms with E-state index in [-0.39, 0.29) is 11.7 Å². The molecule has 0 radical (unpaired) electrons. The second-order valence-electron chi connectivity index (χ2n) is 4.24. The first-order valence-electron chi connectivity index (χ1n) is 5.66. The predicted molar refractivity (Wildman–Crippen MR) is 65.6 cm³/mol. The Morgan fingerprint density at radius 2 is 2.12 bits per heavy atom. The van der Waals surface area contributed by atoms with E-state index in [4.69, 9.17) is 0 Å². The van der Waals surface area contributed by atoms with Crippen LogP contribution < -0.4 is 5.32 Å². The maximum atomic E-state index is 12.9. The van der Waals surface area contributed by atoms with Gasteiger partial charge in [-0.2, -0.15) is 0 Å². The number of nitrogens with zero attached hydrogens (tertiary/aromatic N) is 1. The first kappa shape index (κ1) is 13.4. The average molecular weight is 240 g/mol. The van der Waals surface area contributed by atoms with Crippen molar-refractivity contribution >= 4 is 11.4 Å². The minimum absolute atomic E-state index is 0.101. The van der Waals surface area contributed by atoms with Gasteiger partial charge in [0.05, 0.1) is 11.0 Å². The molecule has 0 saturated heterocycles. The summed E-state index contributed by atoms with van der Waals surface area (Å²) >= 11 is 0. The normalized spacial score (nSPS) is 14.1. The summed E-state index contributed by atoms with van der Waals surface area (Å²) in [7, 11) is 0. The second-order valence-corrected chi connectivity index (χ2v) is 4.24. The van der Waals surface area contributed by atoms with Gasteiger partial charge in [-0.05, 0) is 25.0 Å². The first-order valence-corrected chi connectivity index (χ1v) is 5.66. The van der Waals surface area contributed by atoms with Gasteiger partial charge in [0.15, 0.2) is 0 Å². The van der Waals surface area contributed by atoms with Crippen LogP contribution in [-0.2, 0) is 0 Å². The lowest BCUT2D eigenvalue weighted by Gasteiger charge is -2.20. The van der Waals surface area contributed by atoms with Crippen molar-refractivity contribution in [2.24, 2.45) is 5.92 Å². The molecule has 0 fully saturated rings. The van der Waals surface area contributed by atoms with Gasteiger partial charge in [-0.1, -0.05) is 20.3 Å². The fourth-order valence-electron chi connectivity index (χ4n) is 1.52. The topological polar surface area (TPSA) is 55.2 Å². The van der Waals surface area contributed by atoms with E-state index in [0.717, 1.165) is 12.5 Å². The van der Waals surface area contributed by atoms with Crippen molar-refractivity contribution in [1.29, 1.82) is 0 Å². The van der Waals surface area contributed by atoms with Gasteiger partial charge in [-0.3, -0.25) is 10.1 Å². The lowest BCUT2D eigenvalue weighted by molar-refractivity contribution is -0.384. The lowest BCUT2D eigenvalue weighted by atomic mass is 10.0. The molecular formula is C12H17FN2O2. The molecule has 4 nitrogen and oxygen atoms in total. The number of hydrogen-bond donors (Lipinski definition) is 1. The monoisotopic (exact) mass is 240 g/mol. The molecule has 1 rings (SSSR count). The van der Waals surface area contributed by atoms with E-state index in [2.05, 4.69) is 19.2 Å². The molecule has 0 aliphatic rings. The Kier molecular flexibility index (Phi) is 4.43. The van der Waals surface area contributed by atoms with Gasteiger partial charge < -0.3 is 5.32 Å². The third-order valence-corrected chi connectivity index (χ3v) is 3.04. The molecule has 5 heteroatoms.